The van der Waals surface area contributed by atoms with Crippen molar-refractivity contribution in [2.75, 3.05) is 6.61 Å². The van der Waals surface area contributed by atoms with Gasteiger partial charge in [0.05, 0.1) is 12.1 Å². The minimum absolute atomic E-state index is 0.495. The van der Waals surface area contributed by atoms with Gasteiger partial charge in [0.15, 0.2) is 0 Å². The second-order valence-corrected chi connectivity index (χ2v) is 3.56. The number of rotatable bonds is 4. The zero-order valence-corrected chi connectivity index (χ0v) is 7.69. The van der Waals surface area contributed by atoms with Crippen LogP contribution in [0.3, 0.4) is 0 Å². The first-order valence-corrected chi connectivity index (χ1v) is 4.43. The molecule has 14 heavy (non-hydrogen) atoms. The quantitative estimate of drug-likeness (QED) is 0.440. The third-order valence-corrected chi connectivity index (χ3v) is 2.48. The van der Waals surface area contributed by atoms with Crippen molar-refractivity contribution >= 4 is 11.9 Å². The van der Waals surface area contributed by atoms with Gasteiger partial charge in [0.2, 0.25) is 5.91 Å². The molecule has 1 aliphatic rings. The molecular formula is C8H14N2O4. The van der Waals surface area contributed by atoms with Crippen molar-refractivity contribution in [3.63, 3.8) is 0 Å². The largest absolute Gasteiger partial charge is 0.480 e. The summed E-state index contributed by atoms with van der Waals surface area (Å²) in [7, 11) is 0. The molecule has 1 amide bonds. The van der Waals surface area contributed by atoms with Crippen LogP contribution in [0, 0.1) is 0 Å². The second kappa shape index (κ2) is 3.93. The number of aliphatic hydroxyl groups is 1. The average Bonchev–Trinajstić information content (AvgIpc) is 2.09. The molecule has 0 heterocycles. The summed E-state index contributed by atoms with van der Waals surface area (Å²) in [5.41, 5.74) is 4.74. The summed E-state index contributed by atoms with van der Waals surface area (Å²) in [6.07, 6.45) is 2.01. The Labute approximate surface area is 81.1 Å². The van der Waals surface area contributed by atoms with Crippen LogP contribution in [-0.4, -0.2) is 40.3 Å². The van der Waals surface area contributed by atoms with Crippen molar-refractivity contribution in [3.05, 3.63) is 0 Å². The smallest absolute Gasteiger partial charge is 0.328 e. The second-order valence-electron chi connectivity index (χ2n) is 3.56. The van der Waals surface area contributed by atoms with Gasteiger partial charge in [0.1, 0.15) is 6.04 Å². The third-order valence-electron chi connectivity index (χ3n) is 2.48. The van der Waals surface area contributed by atoms with E-state index in [1.807, 2.05) is 0 Å². The molecule has 1 rings (SSSR count). The van der Waals surface area contributed by atoms with Crippen molar-refractivity contribution < 1.29 is 19.8 Å². The highest BCUT2D eigenvalue weighted by atomic mass is 16.4. The Bertz CT molecular complexity index is 250. The predicted molar refractivity (Wildman–Crippen MR) is 47.4 cm³/mol. The molecule has 0 radical (unpaired) electrons. The molecule has 0 unspecified atom stereocenters. The molecule has 6 heteroatoms. The number of nitrogens with one attached hydrogen (secondary N) is 1. The number of hydrogen-bond donors (Lipinski definition) is 4. The van der Waals surface area contributed by atoms with Crippen molar-refractivity contribution in [1.29, 1.82) is 0 Å². The molecule has 0 spiro atoms. The van der Waals surface area contributed by atoms with Crippen LogP contribution in [0.2, 0.25) is 0 Å². The lowest BCUT2D eigenvalue weighted by Gasteiger charge is -2.36. The number of carboxylic acids is 1. The number of carbonyl (C=O) groups excluding carboxylic acids is 1. The molecule has 80 valence electrons. The van der Waals surface area contributed by atoms with Gasteiger partial charge in [-0.1, -0.05) is 0 Å². The van der Waals surface area contributed by atoms with E-state index in [0.29, 0.717) is 12.8 Å². The van der Waals surface area contributed by atoms with Crippen molar-refractivity contribution in [2.24, 2.45) is 5.73 Å². The van der Waals surface area contributed by atoms with Gasteiger partial charge in [-0.15, -0.1) is 0 Å². The van der Waals surface area contributed by atoms with Gasteiger partial charge in [0.25, 0.3) is 0 Å². The van der Waals surface area contributed by atoms with E-state index in [-0.39, 0.29) is 0 Å². The lowest BCUT2D eigenvalue weighted by Crippen LogP contribution is -2.61. The van der Waals surface area contributed by atoms with Crippen molar-refractivity contribution in [2.45, 2.75) is 30.8 Å². The Morgan fingerprint density at radius 2 is 2.07 bits per heavy atom. The standard InChI is InChI=1S/C8H14N2O4/c9-8(2-1-3-8)7(14)10-5(4-11)6(12)13/h5,11H,1-4,9H2,(H,10,14)(H,12,13)/t5-/m0/s1. The number of aliphatic hydroxyl groups excluding tert-OH is 1. The predicted octanol–water partition coefficient (Wildman–Crippen LogP) is -1.57. The molecule has 1 saturated carbocycles. The first kappa shape index (κ1) is 10.9. The Kier molecular flexibility index (Phi) is 3.07. The van der Waals surface area contributed by atoms with Crippen LogP contribution in [0.5, 0.6) is 0 Å². The summed E-state index contributed by atoms with van der Waals surface area (Å²) in [6.45, 7) is -0.628. The fourth-order valence-electron chi connectivity index (χ4n) is 1.27. The van der Waals surface area contributed by atoms with E-state index in [1.165, 1.54) is 0 Å². The zero-order chi connectivity index (χ0) is 10.8. The van der Waals surface area contributed by atoms with Crippen molar-refractivity contribution in [3.8, 4) is 0 Å². The number of amides is 1. The summed E-state index contributed by atoms with van der Waals surface area (Å²) >= 11 is 0. The van der Waals surface area contributed by atoms with Crippen molar-refractivity contribution in [1.82, 2.24) is 5.32 Å². The highest BCUT2D eigenvalue weighted by Gasteiger charge is 2.41. The molecule has 0 aromatic heterocycles. The van der Waals surface area contributed by atoms with E-state index < -0.39 is 30.1 Å². The zero-order valence-electron chi connectivity index (χ0n) is 7.69. The van der Waals surface area contributed by atoms with E-state index in [0.717, 1.165) is 6.42 Å². The fraction of sp³-hybridized carbons (Fsp3) is 0.750. The molecule has 0 aromatic rings. The topological polar surface area (TPSA) is 113 Å². The van der Waals surface area contributed by atoms with Crippen LogP contribution in [-0.2, 0) is 9.59 Å². The van der Waals surface area contributed by atoms with Crippen LogP contribution in [0.25, 0.3) is 0 Å². The molecule has 1 fully saturated rings. The minimum Gasteiger partial charge on any atom is -0.480 e. The Hall–Kier alpha value is -1.14. The van der Waals surface area contributed by atoms with E-state index in [9.17, 15) is 9.59 Å². The lowest BCUT2D eigenvalue weighted by molar-refractivity contribution is -0.144. The monoisotopic (exact) mass is 202 g/mol. The van der Waals surface area contributed by atoms with Crippen LogP contribution in [0.4, 0.5) is 0 Å². The number of carbonyl (C=O) groups is 2. The molecule has 6 nitrogen and oxygen atoms in total. The van der Waals surface area contributed by atoms with Gasteiger partial charge in [-0.05, 0) is 19.3 Å². The van der Waals surface area contributed by atoms with Crippen LogP contribution >= 0.6 is 0 Å². The molecule has 1 aliphatic carbocycles. The Balaban J connectivity index is 2.50. The van der Waals surface area contributed by atoms with Gasteiger partial charge in [-0.25, -0.2) is 4.79 Å². The van der Waals surface area contributed by atoms with Gasteiger partial charge < -0.3 is 21.3 Å². The fourth-order valence-corrected chi connectivity index (χ4v) is 1.27. The Morgan fingerprint density at radius 3 is 2.36 bits per heavy atom. The third kappa shape index (κ3) is 2.02. The van der Waals surface area contributed by atoms with Crippen LogP contribution < -0.4 is 11.1 Å². The molecular weight excluding hydrogens is 188 g/mol. The van der Waals surface area contributed by atoms with E-state index in [4.69, 9.17) is 15.9 Å². The first-order chi connectivity index (χ1) is 6.49. The number of carboxylic acid groups (broad SMARTS) is 1. The number of nitrogens with two attached hydrogens (primary N) is 1. The van der Waals surface area contributed by atoms with Gasteiger partial charge >= 0.3 is 5.97 Å². The molecule has 1 atom stereocenters. The maximum absolute atomic E-state index is 11.4. The molecule has 5 N–H and O–H groups in total. The minimum atomic E-state index is -1.26. The van der Waals surface area contributed by atoms with E-state index in [1.54, 1.807) is 0 Å². The average molecular weight is 202 g/mol. The van der Waals surface area contributed by atoms with Crippen LogP contribution in [0.15, 0.2) is 0 Å². The van der Waals surface area contributed by atoms with Gasteiger partial charge in [-0.3, -0.25) is 4.79 Å². The highest BCUT2D eigenvalue weighted by molar-refractivity contribution is 5.90. The SMILES string of the molecule is NC1(C(=O)N[C@@H](CO)C(=O)O)CCC1. The first-order valence-electron chi connectivity index (χ1n) is 4.43. The maximum Gasteiger partial charge on any atom is 0.328 e. The maximum atomic E-state index is 11.4. The summed E-state index contributed by atoms with van der Waals surface area (Å²) in [6, 6.07) is -1.26. The van der Waals surface area contributed by atoms with Gasteiger partial charge in [0, 0.05) is 0 Å². The van der Waals surface area contributed by atoms with Gasteiger partial charge in [-0.2, -0.15) is 0 Å². The van der Waals surface area contributed by atoms with Crippen LogP contribution in [0.1, 0.15) is 19.3 Å². The lowest BCUT2D eigenvalue weighted by atomic mass is 9.77. The summed E-state index contributed by atoms with van der Waals surface area (Å²) in [5, 5.41) is 19.4. The molecule has 0 aliphatic heterocycles. The number of aliphatic carboxylic acids is 1. The normalized spacial score (nSPS) is 20.7. The summed E-state index contributed by atoms with van der Waals surface area (Å²) in [5.74, 6) is -1.76. The van der Waals surface area contributed by atoms with E-state index in [2.05, 4.69) is 5.32 Å². The summed E-state index contributed by atoms with van der Waals surface area (Å²) in [4.78, 5) is 21.9. The number of hydrogen-bond acceptors (Lipinski definition) is 4. The molecule has 0 aromatic carbocycles. The summed E-state index contributed by atoms with van der Waals surface area (Å²) < 4.78 is 0. The molecule has 0 bridgehead atoms. The molecule has 0 saturated heterocycles. The Morgan fingerprint density at radius 1 is 1.50 bits per heavy atom. The highest BCUT2D eigenvalue weighted by Crippen LogP contribution is 2.29. The van der Waals surface area contributed by atoms with E-state index >= 15 is 0 Å².